The van der Waals surface area contributed by atoms with E-state index in [-0.39, 0.29) is 6.42 Å². The molecule has 0 amide bonds. The fourth-order valence-electron chi connectivity index (χ4n) is 1.47. The highest BCUT2D eigenvalue weighted by Crippen LogP contribution is 2.21. The number of rotatable bonds is 6. The van der Waals surface area contributed by atoms with Crippen LogP contribution < -0.4 is 5.32 Å². The Morgan fingerprint density at radius 3 is 2.62 bits per heavy atom. The third kappa shape index (κ3) is 5.80. The zero-order valence-electron chi connectivity index (χ0n) is 9.35. The lowest BCUT2D eigenvalue weighted by Gasteiger charge is -2.06. The van der Waals surface area contributed by atoms with E-state index in [4.69, 9.17) is 0 Å². The van der Waals surface area contributed by atoms with Gasteiger partial charge in [0.15, 0.2) is 0 Å². The first-order valence-electron chi connectivity index (χ1n) is 5.36. The van der Waals surface area contributed by atoms with Gasteiger partial charge in [0, 0.05) is 32.4 Å². The van der Waals surface area contributed by atoms with Crippen molar-refractivity contribution in [3.05, 3.63) is 24.0 Å². The van der Waals surface area contributed by atoms with Gasteiger partial charge in [-0.25, -0.2) is 0 Å². The quantitative estimate of drug-likeness (QED) is 0.749. The Morgan fingerprint density at radius 1 is 1.31 bits per heavy atom. The van der Waals surface area contributed by atoms with Gasteiger partial charge in [-0.3, -0.25) is 0 Å². The van der Waals surface area contributed by atoms with Gasteiger partial charge in [-0.2, -0.15) is 13.2 Å². The van der Waals surface area contributed by atoms with Crippen molar-refractivity contribution in [2.24, 2.45) is 7.05 Å². The smallest absolute Gasteiger partial charge is 0.357 e. The Bertz CT molecular complexity index is 304. The highest BCUT2D eigenvalue weighted by molar-refractivity contribution is 5.09. The molecular weight excluding hydrogens is 217 g/mol. The number of hydrogen-bond donors (Lipinski definition) is 1. The summed E-state index contributed by atoms with van der Waals surface area (Å²) >= 11 is 0. The molecule has 0 unspecified atom stereocenters. The van der Waals surface area contributed by atoms with E-state index in [2.05, 4.69) is 5.32 Å². The molecule has 5 heteroatoms. The maximum atomic E-state index is 11.8. The van der Waals surface area contributed by atoms with Gasteiger partial charge in [0.1, 0.15) is 0 Å². The van der Waals surface area contributed by atoms with Crippen LogP contribution in [-0.4, -0.2) is 17.3 Å². The van der Waals surface area contributed by atoms with E-state index in [0.29, 0.717) is 19.5 Å². The fraction of sp³-hybridized carbons (Fsp3) is 0.636. The molecule has 0 radical (unpaired) electrons. The van der Waals surface area contributed by atoms with Crippen molar-refractivity contribution in [2.75, 3.05) is 6.54 Å². The lowest BCUT2D eigenvalue weighted by atomic mass is 10.2. The summed E-state index contributed by atoms with van der Waals surface area (Å²) in [6.45, 7) is 1.35. The highest BCUT2D eigenvalue weighted by atomic mass is 19.4. The normalized spacial score (nSPS) is 12.0. The molecule has 1 aromatic heterocycles. The number of nitrogens with one attached hydrogen (secondary N) is 1. The predicted molar refractivity (Wildman–Crippen MR) is 57.0 cm³/mol. The summed E-state index contributed by atoms with van der Waals surface area (Å²) in [6.07, 6.45) is 0.000457. The number of nitrogens with zero attached hydrogens (tertiary/aromatic N) is 1. The maximum Gasteiger partial charge on any atom is 0.389 e. The van der Waals surface area contributed by atoms with Gasteiger partial charge in [0.2, 0.25) is 0 Å². The summed E-state index contributed by atoms with van der Waals surface area (Å²) in [5.41, 5.74) is 1.15. The van der Waals surface area contributed by atoms with Crippen LogP contribution in [0.3, 0.4) is 0 Å². The van der Waals surface area contributed by atoms with E-state index in [1.165, 1.54) is 0 Å². The largest absolute Gasteiger partial charge is 0.389 e. The van der Waals surface area contributed by atoms with E-state index in [0.717, 1.165) is 5.56 Å². The van der Waals surface area contributed by atoms with Crippen LogP contribution in [0.4, 0.5) is 13.2 Å². The first-order valence-corrected chi connectivity index (χ1v) is 5.36. The molecule has 0 saturated carbocycles. The third-order valence-corrected chi connectivity index (χ3v) is 2.29. The van der Waals surface area contributed by atoms with E-state index in [1.54, 1.807) is 0 Å². The zero-order valence-corrected chi connectivity index (χ0v) is 9.35. The summed E-state index contributed by atoms with van der Waals surface area (Å²) < 4.78 is 37.4. The first-order chi connectivity index (χ1) is 7.47. The second-order valence-electron chi connectivity index (χ2n) is 3.93. The minimum atomic E-state index is -4.01. The molecule has 16 heavy (non-hydrogen) atoms. The Labute approximate surface area is 93.5 Å². The van der Waals surface area contributed by atoms with Crippen molar-refractivity contribution in [3.63, 3.8) is 0 Å². The van der Waals surface area contributed by atoms with Crippen LogP contribution in [-0.2, 0) is 13.6 Å². The zero-order chi connectivity index (χ0) is 12.0. The second-order valence-corrected chi connectivity index (χ2v) is 3.93. The van der Waals surface area contributed by atoms with E-state index in [9.17, 15) is 13.2 Å². The molecule has 0 aliphatic rings. The van der Waals surface area contributed by atoms with Gasteiger partial charge in [0.25, 0.3) is 0 Å². The molecule has 92 valence electrons. The Kier molecular flexibility index (Phi) is 4.86. The summed E-state index contributed by atoms with van der Waals surface area (Å²) in [7, 11) is 1.94. The van der Waals surface area contributed by atoms with Gasteiger partial charge in [-0.1, -0.05) is 0 Å². The lowest BCUT2D eigenvalue weighted by molar-refractivity contribution is -0.135. The van der Waals surface area contributed by atoms with Crippen LogP contribution in [0.5, 0.6) is 0 Å². The van der Waals surface area contributed by atoms with E-state index >= 15 is 0 Å². The average Bonchev–Trinajstić information content (AvgIpc) is 2.56. The molecule has 0 spiro atoms. The van der Waals surface area contributed by atoms with Crippen LogP contribution in [0.15, 0.2) is 18.5 Å². The van der Waals surface area contributed by atoms with Gasteiger partial charge in [-0.15, -0.1) is 0 Å². The number of aromatic nitrogens is 1. The van der Waals surface area contributed by atoms with Crippen LogP contribution in [0, 0.1) is 0 Å². The van der Waals surface area contributed by atoms with Crippen molar-refractivity contribution in [2.45, 2.75) is 32.0 Å². The third-order valence-electron chi connectivity index (χ3n) is 2.29. The SMILES string of the molecule is Cn1ccc(CNCCCCC(F)(F)F)c1. The number of halogens is 3. The molecule has 0 aromatic carbocycles. The van der Waals surface area contributed by atoms with Gasteiger partial charge < -0.3 is 9.88 Å². The molecule has 0 saturated heterocycles. The minimum Gasteiger partial charge on any atom is -0.357 e. The Hall–Kier alpha value is -0.970. The van der Waals surface area contributed by atoms with Crippen molar-refractivity contribution >= 4 is 0 Å². The van der Waals surface area contributed by atoms with Crippen molar-refractivity contribution in [3.8, 4) is 0 Å². The minimum absolute atomic E-state index is 0.200. The van der Waals surface area contributed by atoms with Gasteiger partial charge >= 0.3 is 6.18 Å². The van der Waals surface area contributed by atoms with Crippen LogP contribution in [0.25, 0.3) is 0 Å². The molecule has 0 aliphatic carbocycles. The predicted octanol–water partition coefficient (Wildman–Crippen LogP) is 2.85. The molecule has 2 nitrogen and oxygen atoms in total. The molecule has 0 fully saturated rings. The molecule has 1 rings (SSSR count). The molecular formula is C11H17F3N2. The number of hydrogen-bond acceptors (Lipinski definition) is 1. The maximum absolute atomic E-state index is 11.8. The van der Waals surface area contributed by atoms with Crippen molar-refractivity contribution in [1.29, 1.82) is 0 Å². The molecule has 1 N–H and O–H groups in total. The number of aryl methyl sites for hydroxylation is 1. The molecule has 0 atom stereocenters. The van der Waals surface area contributed by atoms with Crippen LogP contribution >= 0.6 is 0 Å². The summed E-state index contributed by atoms with van der Waals surface area (Å²) in [5, 5.41) is 3.12. The first kappa shape index (κ1) is 13.1. The lowest BCUT2D eigenvalue weighted by Crippen LogP contribution is -2.15. The molecule has 1 heterocycles. The van der Waals surface area contributed by atoms with Gasteiger partial charge in [-0.05, 0) is 31.0 Å². The average molecular weight is 234 g/mol. The van der Waals surface area contributed by atoms with Crippen molar-refractivity contribution < 1.29 is 13.2 Å². The summed E-state index contributed by atoms with van der Waals surface area (Å²) in [6, 6.07) is 1.99. The molecule has 0 bridgehead atoms. The highest BCUT2D eigenvalue weighted by Gasteiger charge is 2.25. The summed E-state index contributed by atoms with van der Waals surface area (Å²) in [5.74, 6) is 0. The van der Waals surface area contributed by atoms with Crippen LogP contribution in [0.1, 0.15) is 24.8 Å². The topological polar surface area (TPSA) is 17.0 Å². The number of alkyl halides is 3. The Balaban J connectivity index is 2.00. The van der Waals surface area contributed by atoms with Crippen molar-refractivity contribution in [1.82, 2.24) is 9.88 Å². The molecule has 1 aromatic rings. The summed E-state index contributed by atoms with van der Waals surface area (Å²) in [4.78, 5) is 0. The van der Waals surface area contributed by atoms with Crippen LogP contribution in [0.2, 0.25) is 0 Å². The second kappa shape index (κ2) is 5.94. The monoisotopic (exact) mass is 234 g/mol. The van der Waals surface area contributed by atoms with E-state index < -0.39 is 12.6 Å². The van der Waals surface area contributed by atoms with Gasteiger partial charge in [0.05, 0.1) is 0 Å². The number of unbranched alkanes of at least 4 members (excludes halogenated alkanes) is 1. The molecule has 0 aliphatic heterocycles. The Morgan fingerprint density at radius 2 is 2.06 bits per heavy atom. The standard InChI is InChI=1S/C11H17F3N2/c1-16-7-4-10(9-16)8-15-6-3-2-5-11(12,13)14/h4,7,9,15H,2-3,5-6,8H2,1H3. The van der Waals surface area contributed by atoms with E-state index in [1.807, 2.05) is 30.1 Å². The fourth-order valence-corrected chi connectivity index (χ4v) is 1.47.